The number of aromatic nitrogens is 2. The van der Waals surface area contributed by atoms with Crippen molar-refractivity contribution in [2.45, 2.75) is 6.18 Å². The second-order valence-electron chi connectivity index (χ2n) is 4.05. The Bertz CT molecular complexity index is 700. The van der Waals surface area contributed by atoms with Gasteiger partial charge in [-0.15, -0.1) is 0 Å². The highest BCUT2D eigenvalue weighted by Crippen LogP contribution is 2.32. The van der Waals surface area contributed by atoms with E-state index in [1.807, 2.05) is 0 Å². The number of alkyl halides is 3. The van der Waals surface area contributed by atoms with Gasteiger partial charge in [-0.3, -0.25) is 4.98 Å². The Morgan fingerprint density at radius 3 is 2.64 bits per heavy atom. The molecule has 0 amide bonds. The Balaban J connectivity index is 2.43. The molecule has 0 saturated carbocycles. The van der Waals surface area contributed by atoms with E-state index in [1.165, 1.54) is 24.5 Å². The predicted octanol–water partition coefficient (Wildman–Crippen LogP) is 3.39. The maximum Gasteiger partial charge on any atom is 0.433 e. The summed E-state index contributed by atoms with van der Waals surface area (Å²) in [5.41, 5.74) is -1.04. The fraction of sp³-hybridized carbons (Fsp3) is 0.0714. The Hall–Kier alpha value is -2.90. The van der Waals surface area contributed by atoms with Gasteiger partial charge in [0.1, 0.15) is 11.4 Å². The van der Waals surface area contributed by atoms with Gasteiger partial charge in [-0.05, 0) is 30.3 Å². The molecule has 0 aliphatic carbocycles. The second kappa shape index (κ2) is 6.25. The van der Waals surface area contributed by atoms with Crippen LogP contribution in [0.15, 0.2) is 42.7 Å². The van der Waals surface area contributed by atoms with Gasteiger partial charge in [0.25, 0.3) is 0 Å². The minimum Gasteiger partial charge on any atom is -0.478 e. The van der Waals surface area contributed by atoms with Gasteiger partial charge >= 0.3 is 12.1 Å². The lowest BCUT2D eigenvalue weighted by Crippen LogP contribution is -2.09. The molecule has 0 saturated heterocycles. The second-order valence-corrected chi connectivity index (χ2v) is 4.05. The van der Waals surface area contributed by atoms with E-state index >= 15 is 0 Å². The van der Waals surface area contributed by atoms with Gasteiger partial charge in [0, 0.05) is 17.8 Å². The number of ether oxygens (including phenoxy) is 1. The molecular formula is C14H9F3N2O3. The third kappa shape index (κ3) is 4.05. The standard InChI is InChI=1S/C14H9F3N2O3/c15-14(16,17)11-5-3-9(4-6-12(20)21)13(19-11)22-10-2-1-7-18-8-10/h1-8H,(H,20,21)/b6-4+. The number of carboxylic acid groups (broad SMARTS) is 1. The van der Waals surface area contributed by atoms with Crippen molar-refractivity contribution in [1.29, 1.82) is 0 Å². The zero-order valence-electron chi connectivity index (χ0n) is 10.9. The summed E-state index contributed by atoms with van der Waals surface area (Å²) in [4.78, 5) is 17.7. The highest BCUT2D eigenvalue weighted by molar-refractivity contribution is 5.85. The minimum atomic E-state index is -4.64. The van der Waals surface area contributed by atoms with E-state index in [2.05, 4.69) is 9.97 Å². The molecule has 0 bridgehead atoms. The van der Waals surface area contributed by atoms with E-state index in [0.29, 0.717) is 0 Å². The average Bonchev–Trinajstić information content (AvgIpc) is 2.46. The fourth-order valence-electron chi connectivity index (χ4n) is 1.50. The van der Waals surface area contributed by atoms with Gasteiger partial charge < -0.3 is 9.84 Å². The topological polar surface area (TPSA) is 72.3 Å². The summed E-state index contributed by atoms with van der Waals surface area (Å²) in [5, 5.41) is 8.60. The maximum absolute atomic E-state index is 12.7. The van der Waals surface area contributed by atoms with Crippen molar-refractivity contribution in [3.8, 4) is 11.6 Å². The highest BCUT2D eigenvalue weighted by atomic mass is 19.4. The Labute approximate surface area is 122 Å². The number of nitrogens with zero attached hydrogens (tertiary/aromatic N) is 2. The van der Waals surface area contributed by atoms with Crippen LogP contribution in [-0.4, -0.2) is 21.0 Å². The van der Waals surface area contributed by atoms with Gasteiger partial charge in [-0.25, -0.2) is 9.78 Å². The molecule has 0 aromatic carbocycles. The highest BCUT2D eigenvalue weighted by Gasteiger charge is 2.33. The third-order valence-corrected chi connectivity index (χ3v) is 2.43. The molecule has 2 heterocycles. The van der Waals surface area contributed by atoms with Gasteiger partial charge in [0.2, 0.25) is 5.88 Å². The number of rotatable bonds is 4. The molecule has 5 nitrogen and oxygen atoms in total. The summed E-state index contributed by atoms with van der Waals surface area (Å²) in [7, 11) is 0. The molecule has 22 heavy (non-hydrogen) atoms. The summed E-state index contributed by atoms with van der Waals surface area (Å²) in [6.45, 7) is 0. The molecule has 2 aromatic rings. The van der Waals surface area contributed by atoms with Crippen LogP contribution in [0.1, 0.15) is 11.3 Å². The average molecular weight is 310 g/mol. The molecule has 0 atom stereocenters. The van der Waals surface area contributed by atoms with Gasteiger partial charge in [0.15, 0.2) is 0 Å². The van der Waals surface area contributed by atoms with E-state index < -0.39 is 17.8 Å². The zero-order valence-corrected chi connectivity index (χ0v) is 10.9. The SMILES string of the molecule is O=C(O)/C=C/c1ccc(C(F)(F)F)nc1Oc1cccnc1. The van der Waals surface area contributed by atoms with Crippen LogP contribution in [0.3, 0.4) is 0 Å². The molecule has 114 valence electrons. The fourth-order valence-corrected chi connectivity index (χ4v) is 1.50. The summed E-state index contributed by atoms with van der Waals surface area (Å²) in [5.74, 6) is -1.42. The van der Waals surface area contributed by atoms with Crippen molar-refractivity contribution in [3.05, 3.63) is 54.0 Å². The van der Waals surface area contributed by atoms with Crippen LogP contribution in [0.25, 0.3) is 6.08 Å². The normalized spacial score (nSPS) is 11.6. The lowest BCUT2D eigenvalue weighted by Gasteiger charge is -2.11. The van der Waals surface area contributed by atoms with E-state index in [4.69, 9.17) is 9.84 Å². The van der Waals surface area contributed by atoms with Crippen LogP contribution >= 0.6 is 0 Å². The van der Waals surface area contributed by atoms with Crippen molar-refractivity contribution in [3.63, 3.8) is 0 Å². The number of hydrogen-bond acceptors (Lipinski definition) is 4. The molecule has 0 aliphatic rings. The van der Waals surface area contributed by atoms with Crippen LogP contribution in [0.5, 0.6) is 11.6 Å². The van der Waals surface area contributed by atoms with Crippen LogP contribution in [0.4, 0.5) is 13.2 Å². The molecular weight excluding hydrogens is 301 g/mol. The van der Waals surface area contributed by atoms with E-state index in [1.54, 1.807) is 0 Å². The van der Waals surface area contributed by atoms with Crippen molar-refractivity contribution < 1.29 is 27.8 Å². The van der Waals surface area contributed by atoms with Crippen molar-refractivity contribution in [1.82, 2.24) is 9.97 Å². The summed E-state index contributed by atoms with van der Waals surface area (Å²) in [6, 6.07) is 4.86. The van der Waals surface area contributed by atoms with Crippen LogP contribution in [-0.2, 0) is 11.0 Å². The summed E-state index contributed by atoms with van der Waals surface area (Å²) >= 11 is 0. The van der Waals surface area contributed by atoms with Crippen LogP contribution < -0.4 is 4.74 Å². The first-order valence-corrected chi connectivity index (χ1v) is 5.93. The van der Waals surface area contributed by atoms with Gasteiger partial charge in [-0.2, -0.15) is 13.2 Å². The molecule has 8 heteroatoms. The first-order valence-electron chi connectivity index (χ1n) is 5.93. The molecule has 2 aromatic heterocycles. The number of aliphatic carboxylic acids is 1. The van der Waals surface area contributed by atoms with Crippen molar-refractivity contribution >= 4 is 12.0 Å². The van der Waals surface area contributed by atoms with Crippen LogP contribution in [0, 0.1) is 0 Å². The van der Waals surface area contributed by atoms with Crippen molar-refractivity contribution in [2.75, 3.05) is 0 Å². The van der Waals surface area contributed by atoms with E-state index in [-0.39, 0.29) is 17.2 Å². The Kier molecular flexibility index (Phi) is 4.40. The monoisotopic (exact) mass is 310 g/mol. The largest absolute Gasteiger partial charge is 0.478 e. The van der Waals surface area contributed by atoms with Crippen molar-refractivity contribution in [2.24, 2.45) is 0 Å². The Morgan fingerprint density at radius 1 is 1.27 bits per heavy atom. The lowest BCUT2D eigenvalue weighted by molar-refractivity contribution is -0.141. The molecule has 1 N–H and O–H groups in total. The number of pyridine rings is 2. The molecule has 0 aliphatic heterocycles. The molecule has 0 unspecified atom stereocenters. The molecule has 0 spiro atoms. The first kappa shape index (κ1) is 15.5. The van der Waals surface area contributed by atoms with E-state index in [0.717, 1.165) is 24.3 Å². The van der Waals surface area contributed by atoms with E-state index in [9.17, 15) is 18.0 Å². The lowest BCUT2D eigenvalue weighted by atomic mass is 10.2. The summed E-state index contributed by atoms with van der Waals surface area (Å²) in [6.07, 6.45) is 0.00789. The number of halogens is 3. The Morgan fingerprint density at radius 2 is 2.05 bits per heavy atom. The van der Waals surface area contributed by atoms with Gasteiger partial charge in [0.05, 0.1) is 6.20 Å². The quantitative estimate of drug-likeness (QED) is 0.876. The molecule has 2 rings (SSSR count). The number of carbonyl (C=O) groups is 1. The van der Waals surface area contributed by atoms with Gasteiger partial charge in [-0.1, -0.05) is 0 Å². The number of hydrogen-bond donors (Lipinski definition) is 1. The molecule has 0 radical (unpaired) electrons. The maximum atomic E-state index is 12.7. The smallest absolute Gasteiger partial charge is 0.433 e. The van der Waals surface area contributed by atoms with Crippen LogP contribution in [0.2, 0.25) is 0 Å². The first-order chi connectivity index (χ1) is 10.4. The predicted molar refractivity (Wildman–Crippen MR) is 70.2 cm³/mol. The molecule has 0 fully saturated rings. The number of carboxylic acids is 1. The minimum absolute atomic E-state index is 0.0965. The zero-order chi connectivity index (χ0) is 16.2. The summed E-state index contributed by atoms with van der Waals surface area (Å²) < 4.78 is 43.4. The third-order valence-electron chi connectivity index (χ3n) is 2.43.